The number of phenols is 2. The van der Waals surface area contributed by atoms with Crippen molar-refractivity contribution in [2.75, 3.05) is 0 Å². The van der Waals surface area contributed by atoms with E-state index in [1.54, 1.807) is 6.92 Å². The first-order valence-corrected chi connectivity index (χ1v) is 9.55. The number of hydrogen-bond donors (Lipinski definition) is 7. The number of carboxylic acids is 1. The van der Waals surface area contributed by atoms with Crippen LogP contribution >= 0.6 is 0 Å². The predicted molar refractivity (Wildman–Crippen MR) is 102 cm³/mol. The monoisotopic (exact) mass is 432 g/mol. The van der Waals surface area contributed by atoms with Crippen molar-refractivity contribution in [3.8, 4) is 11.5 Å². The van der Waals surface area contributed by atoms with Crippen LogP contribution in [0.5, 0.6) is 11.5 Å². The van der Waals surface area contributed by atoms with E-state index in [1.165, 1.54) is 6.07 Å². The Morgan fingerprint density at radius 1 is 1.13 bits per heavy atom. The third-order valence-electron chi connectivity index (χ3n) is 6.40. The largest absolute Gasteiger partial charge is 0.510 e. The Hall–Kier alpha value is -3.37. The van der Waals surface area contributed by atoms with Gasteiger partial charge in [-0.1, -0.05) is 6.92 Å². The fourth-order valence-electron chi connectivity index (χ4n) is 5.17. The van der Waals surface area contributed by atoms with E-state index in [0.29, 0.717) is 12.0 Å². The summed E-state index contributed by atoms with van der Waals surface area (Å²) in [6.07, 6.45) is -1.45. The maximum atomic E-state index is 13.3. The lowest BCUT2D eigenvalue weighted by Gasteiger charge is -2.50. The second-order valence-electron chi connectivity index (χ2n) is 8.29. The summed E-state index contributed by atoms with van der Waals surface area (Å²) in [6.45, 7) is 1.73. The molecule has 1 saturated carbocycles. The number of carbonyl (C=O) groups is 3. The molecule has 10 heteroatoms. The maximum absolute atomic E-state index is 13.3. The summed E-state index contributed by atoms with van der Waals surface area (Å²) in [5, 5.41) is 73.2. The standard InChI is InChI=1S/C21H20O10/c1-2-7-3-9(22)15(24)11-8(7)4-20(30)6-21(31)5-10(23)12(19(28)29)17(26)14(21)18(27)13(20)16(11)25/h3,14,22,24-26,30-31H,2,4-6H2,1H3,(H,28,29). The number of hydrogen-bond acceptors (Lipinski definition) is 9. The maximum Gasteiger partial charge on any atom is 0.342 e. The number of carbonyl (C=O) groups excluding carboxylic acids is 2. The van der Waals surface area contributed by atoms with Gasteiger partial charge in [0.15, 0.2) is 23.1 Å². The lowest BCUT2D eigenvalue weighted by Crippen LogP contribution is -2.62. The van der Waals surface area contributed by atoms with Gasteiger partial charge in [-0.3, -0.25) is 9.59 Å². The molecule has 0 saturated heterocycles. The van der Waals surface area contributed by atoms with Crippen LogP contribution in [-0.2, 0) is 27.2 Å². The number of benzene rings is 1. The fraction of sp³-hybridized carbons (Fsp3) is 0.381. The third kappa shape index (κ3) is 2.61. The summed E-state index contributed by atoms with van der Waals surface area (Å²) in [6, 6.07) is 1.26. The molecule has 0 bridgehead atoms. The van der Waals surface area contributed by atoms with Crippen LogP contribution < -0.4 is 0 Å². The molecule has 31 heavy (non-hydrogen) atoms. The molecule has 3 aliphatic carbocycles. The lowest BCUT2D eigenvalue weighted by molar-refractivity contribution is -0.155. The zero-order chi connectivity index (χ0) is 23.0. The molecule has 7 N–H and O–H groups in total. The Labute approximate surface area is 175 Å². The number of ketones is 2. The first-order chi connectivity index (χ1) is 14.4. The van der Waals surface area contributed by atoms with Crippen LogP contribution in [0.4, 0.5) is 0 Å². The summed E-state index contributed by atoms with van der Waals surface area (Å²) >= 11 is 0. The molecule has 3 atom stereocenters. The van der Waals surface area contributed by atoms with E-state index < -0.39 is 81.7 Å². The number of fused-ring (bicyclic) bond motifs is 3. The van der Waals surface area contributed by atoms with Crippen LogP contribution in [0, 0.1) is 5.92 Å². The van der Waals surface area contributed by atoms with E-state index in [9.17, 15) is 50.1 Å². The summed E-state index contributed by atoms with van der Waals surface area (Å²) in [7, 11) is 0. The van der Waals surface area contributed by atoms with Gasteiger partial charge >= 0.3 is 5.97 Å². The van der Waals surface area contributed by atoms with Crippen molar-refractivity contribution in [3.63, 3.8) is 0 Å². The zero-order valence-corrected chi connectivity index (χ0v) is 16.3. The second-order valence-corrected chi connectivity index (χ2v) is 8.29. The number of aromatic hydroxyl groups is 2. The van der Waals surface area contributed by atoms with Gasteiger partial charge < -0.3 is 35.7 Å². The number of aliphatic hydroxyl groups excluding tert-OH is 2. The highest BCUT2D eigenvalue weighted by Crippen LogP contribution is 2.54. The molecule has 3 unspecified atom stereocenters. The van der Waals surface area contributed by atoms with Crippen molar-refractivity contribution in [3.05, 3.63) is 39.7 Å². The van der Waals surface area contributed by atoms with Gasteiger partial charge in [0.1, 0.15) is 28.6 Å². The molecule has 1 fully saturated rings. The van der Waals surface area contributed by atoms with E-state index in [4.69, 9.17) is 0 Å². The zero-order valence-electron chi connectivity index (χ0n) is 16.3. The quantitative estimate of drug-likeness (QED) is 0.254. The molecule has 3 aliphatic rings. The van der Waals surface area contributed by atoms with Crippen molar-refractivity contribution < 1.29 is 50.1 Å². The molecule has 1 aromatic carbocycles. The minimum atomic E-state index is -2.28. The highest BCUT2D eigenvalue weighted by molar-refractivity contribution is 6.20. The van der Waals surface area contributed by atoms with E-state index >= 15 is 0 Å². The van der Waals surface area contributed by atoms with Crippen LogP contribution in [0.3, 0.4) is 0 Å². The molecule has 0 spiro atoms. The normalized spacial score (nSPS) is 30.1. The molecule has 1 aromatic rings. The number of aliphatic hydroxyl groups is 4. The molecular formula is C21H20O10. The van der Waals surface area contributed by atoms with Crippen molar-refractivity contribution in [2.24, 2.45) is 5.92 Å². The fourth-order valence-corrected chi connectivity index (χ4v) is 5.17. The second kappa shape index (κ2) is 6.32. The van der Waals surface area contributed by atoms with Crippen molar-refractivity contribution in [1.82, 2.24) is 0 Å². The topological polar surface area (TPSA) is 193 Å². The molecule has 0 aliphatic heterocycles. The van der Waals surface area contributed by atoms with Crippen LogP contribution in [0.15, 0.2) is 23.0 Å². The van der Waals surface area contributed by atoms with Gasteiger partial charge in [-0.05, 0) is 23.6 Å². The Kier molecular flexibility index (Phi) is 4.25. The van der Waals surface area contributed by atoms with Gasteiger partial charge in [0.25, 0.3) is 0 Å². The van der Waals surface area contributed by atoms with Gasteiger partial charge in [0, 0.05) is 19.3 Å². The smallest absolute Gasteiger partial charge is 0.342 e. The van der Waals surface area contributed by atoms with Crippen LogP contribution in [0.25, 0.3) is 5.76 Å². The molecule has 164 valence electrons. The highest BCUT2D eigenvalue weighted by Gasteiger charge is 2.63. The Morgan fingerprint density at radius 2 is 1.77 bits per heavy atom. The molecule has 0 aromatic heterocycles. The number of Topliss-reactive ketones (excluding diaryl/α,β-unsaturated/α-hetero) is 2. The van der Waals surface area contributed by atoms with E-state index in [1.807, 2.05) is 0 Å². The van der Waals surface area contributed by atoms with Crippen LogP contribution in [-0.4, -0.2) is 64.5 Å². The SMILES string of the molecule is CCc1cc(O)c(O)c2c1CC1(O)CC3(O)CC(=O)C(C(=O)O)=C(O)C3C(=O)C1=C2O. The Bertz CT molecular complexity index is 1140. The van der Waals surface area contributed by atoms with E-state index in [0.717, 1.165) is 0 Å². The van der Waals surface area contributed by atoms with Crippen LogP contribution in [0.1, 0.15) is 36.5 Å². The number of aryl methyl sites for hydroxylation is 1. The van der Waals surface area contributed by atoms with Crippen molar-refractivity contribution >= 4 is 23.3 Å². The Morgan fingerprint density at radius 3 is 2.35 bits per heavy atom. The third-order valence-corrected chi connectivity index (χ3v) is 6.40. The number of carboxylic acid groups (broad SMARTS) is 1. The van der Waals surface area contributed by atoms with Gasteiger partial charge in [-0.2, -0.15) is 0 Å². The molecule has 0 radical (unpaired) electrons. The van der Waals surface area contributed by atoms with Gasteiger partial charge in [-0.25, -0.2) is 4.79 Å². The van der Waals surface area contributed by atoms with Gasteiger partial charge in [0.05, 0.1) is 16.7 Å². The van der Waals surface area contributed by atoms with E-state index in [2.05, 4.69) is 0 Å². The average Bonchev–Trinajstić information content (AvgIpc) is 2.62. The number of rotatable bonds is 2. The molecule has 0 heterocycles. The average molecular weight is 432 g/mol. The van der Waals surface area contributed by atoms with Crippen molar-refractivity contribution in [2.45, 2.75) is 43.8 Å². The first-order valence-electron chi connectivity index (χ1n) is 9.55. The highest BCUT2D eigenvalue weighted by atomic mass is 16.4. The van der Waals surface area contributed by atoms with Gasteiger partial charge in [-0.15, -0.1) is 0 Å². The molecular weight excluding hydrogens is 412 g/mol. The first kappa shape index (κ1) is 20.9. The predicted octanol–water partition coefficient (Wildman–Crippen LogP) is 0.406. The van der Waals surface area contributed by atoms with Crippen molar-refractivity contribution in [1.29, 1.82) is 0 Å². The summed E-state index contributed by atoms with van der Waals surface area (Å²) < 4.78 is 0. The molecule has 10 nitrogen and oxygen atoms in total. The van der Waals surface area contributed by atoms with E-state index in [-0.39, 0.29) is 17.5 Å². The summed E-state index contributed by atoms with van der Waals surface area (Å²) in [5.41, 5.74) is -5.65. The minimum Gasteiger partial charge on any atom is -0.510 e. The number of phenolic OH excluding ortho intramolecular Hbond substituents is 2. The lowest BCUT2D eigenvalue weighted by atomic mass is 9.57. The molecule has 0 amide bonds. The number of aliphatic carboxylic acids is 1. The van der Waals surface area contributed by atoms with Crippen LogP contribution in [0.2, 0.25) is 0 Å². The summed E-state index contributed by atoms with van der Waals surface area (Å²) in [5.74, 6) is -9.21. The Balaban J connectivity index is 2.01. The molecule has 4 rings (SSSR count). The summed E-state index contributed by atoms with van der Waals surface area (Å²) in [4.78, 5) is 36.9. The minimum absolute atomic E-state index is 0.254. The van der Waals surface area contributed by atoms with Gasteiger partial charge in [0.2, 0.25) is 0 Å².